The fraction of sp³-hybridized carbons (Fsp3) is 0.120. The van der Waals surface area contributed by atoms with Gasteiger partial charge in [-0.2, -0.15) is 4.99 Å². The van der Waals surface area contributed by atoms with Crippen LogP contribution in [0.5, 0.6) is 0 Å². The van der Waals surface area contributed by atoms with Gasteiger partial charge in [0.15, 0.2) is 11.0 Å². The van der Waals surface area contributed by atoms with Gasteiger partial charge in [0.2, 0.25) is 0 Å². The first-order valence-corrected chi connectivity index (χ1v) is 12.3. The average Bonchev–Trinajstić information content (AvgIpc) is 3.56. The van der Waals surface area contributed by atoms with Crippen LogP contribution in [0, 0.1) is 0 Å². The number of hydrogen-bond acceptors (Lipinski definition) is 6. The van der Waals surface area contributed by atoms with Crippen molar-refractivity contribution in [1.29, 1.82) is 0 Å². The quantitative estimate of drug-likeness (QED) is 0.385. The molecular weight excluding hydrogens is 500 g/mol. The highest BCUT2D eigenvalue weighted by atomic mass is 35.5. The largest absolute Gasteiger partial charge is 0.480 e. The first-order chi connectivity index (χ1) is 17.5. The van der Waals surface area contributed by atoms with E-state index < -0.39 is 17.9 Å². The van der Waals surface area contributed by atoms with E-state index in [4.69, 9.17) is 11.6 Å². The first kappa shape index (κ1) is 23.7. The molecule has 0 aliphatic carbocycles. The van der Waals surface area contributed by atoms with Gasteiger partial charge in [-0.05, 0) is 39.2 Å². The number of aromatic nitrogens is 4. The van der Waals surface area contributed by atoms with Crippen LogP contribution in [0.3, 0.4) is 0 Å². The zero-order valence-electron chi connectivity index (χ0n) is 18.7. The molecule has 1 aliphatic heterocycles. The monoisotopic (exact) mass is 518 g/mol. The molecule has 1 saturated heterocycles. The van der Waals surface area contributed by atoms with Crippen molar-refractivity contribution in [2.24, 2.45) is 4.99 Å². The summed E-state index contributed by atoms with van der Waals surface area (Å²) in [5.74, 6) is -0.616. The highest BCUT2D eigenvalue weighted by Gasteiger charge is 2.36. The zero-order valence-corrected chi connectivity index (χ0v) is 20.3. The van der Waals surface area contributed by atoms with Crippen molar-refractivity contribution in [2.45, 2.75) is 12.6 Å². The normalized spacial score (nSPS) is 16.4. The van der Waals surface area contributed by atoms with Gasteiger partial charge in [0, 0.05) is 17.9 Å². The number of thioether (sulfide) groups is 1. The van der Waals surface area contributed by atoms with Crippen LogP contribution in [-0.2, 0) is 11.3 Å². The van der Waals surface area contributed by atoms with Gasteiger partial charge in [0.1, 0.15) is 6.04 Å². The molecular formula is C25H19ClN6O3S. The number of carboxylic acid groups (broad SMARTS) is 1. The third kappa shape index (κ3) is 4.86. The summed E-state index contributed by atoms with van der Waals surface area (Å²) in [7, 11) is 0. The number of nitrogens with one attached hydrogen (secondary N) is 1. The molecule has 1 aliphatic rings. The molecule has 1 aromatic heterocycles. The molecule has 0 radical (unpaired) electrons. The number of aromatic amines is 1. The van der Waals surface area contributed by atoms with Crippen LogP contribution in [0.4, 0.5) is 0 Å². The Morgan fingerprint density at radius 1 is 1.06 bits per heavy atom. The highest BCUT2D eigenvalue weighted by Crippen LogP contribution is 2.31. The van der Waals surface area contributed by atoms with Gasteiger partial charge in [-0.15, -0.1) is 5.10 Å². The Kier molecular flexibility index (Phi) is 6.79. The van der Waals surface area contributed by atoms with Gasteiger partial charge in [-0.1, -0.05) is 84.0 Å². The lowest BCUT2D eigenvalue weighted by Crippen LogP contribution is -2.39. The topological polar surface area (TPSA) is 124 Å². The first-order valence-electron chi connectivity index (χ1n) is 10.9. The minimum absolute atomic E-state index is 0.274. The standard InChI is InChI=1S/C25H19ClN6O3S/c26-20-8-4-3-7-19(20)23(33)27-25-32(21(14-36-25)24(34)35)13-15-9-11-16(12-10-15)17-5-1-2-6-18(17)22-28-30-31-29-22/h1-12,21H,13-14H2,(H,34,35)(H,28,29,30,31). The molecule has 2 N–H and O–H groups in total. The number of amides is 1. The van der Waals surface area contributed by atoms with Gasteiger partial charge in [0.25, 0.3) is 5.91 Å². The van der Waals surface area contributed by atoms with Crippen molar-refractivity contribution in [3.63, 3.8) is 0 Å². The van der Waals surface area contributed by atoms with Crippen molar-refractivity contribution < 1.29 is 14.7 Å². The van der Waals surface area contributed by atoms with Crippen LogP contribution in [-0.4, -0.2) is 59.5 Å². The summed E-state index contributed by atoms with van der Waals surface area (Å²) >= 11 is 7.39. The summed E-state index contributed by atoms with van der Waals surface area (Å²) < 4.78 is 0. The van der Waals surface area contributed by atoms with E-state index in [0.29, 0.717) is 21.8 Å². The van der Waals surface area contributed by atoms with E-state index in [-0.39, 0.29) is 12.1 Å². The second kappa shape index (κ2) is 10.3. The number of tetrazole rings is 1. The molecule has 1 unspecified atom stereocenters. The number of carbonyl (C=O) groups is 2. The van der Waals surface area contributed by atoms with Gasteiger partial charge >= 0.3 is 5.97 Å². The van der Waals surface area contributed by atoms with Crippen LogP contribution in [0.2, 0.25) is 5.02 Å². The third-order valence-electron chi connectivity index (χ3n) is 5.72. The fourth-order valence-corrected chi connectivity index (χ4v) is 5.27. The van der Waals surface area contributed by atoms with Crippen molar-refractivity contribution in [2.75, 3.05) is 5.75 Å². The molecule has 1 atom stereocenters. The Labute approximate surface area is 215 Å². The van der Waals surface area contributed by atoms with Crippen LogP contribution < -0.4 is 0 Å². The molecule has 5 rings (SSSR count). The van der Waals surface area contributed by atoms with Crippen LogP contribution in [0.1, 0.15) is 15.9 Å². The Balaban J connectivity index is 1.41. The molecule has 0 bridgehead atoms. The molecule has 2 heterocycles. The van der Waals surface area contributed by atoms with E-state index in [0.717, 1.165) is 22.3 Å². The number of halogens is 1. The average molecular weight is 519 g/mol. The molecule has 1 fully saturated rings. The predicted octanol–water partition coefficient (Wildman–Crippen LogP) is 4.39. The molecule has 3 aromatic carbocycles. The van der Waals surface area contributed by atoms with Gasteiger partial charge in [-0.25, -0.2) is 9.89 Å². The number of rotatable bonds is 6. The van der Waals surface area contributed by atoms with Crippen molar-refractivity contribution >= 4 is 40.4 Å². The van der Waals surface area contributed by atoms with Gasteiger partial charge in [0.05, 0.1) is 10.6 Å². The lowest BCUT2D eigenvalue weighted by atomic mass is 9.98. The molecule has 0 saturated carbocycles. The lowest BCUT2D eigenvalue weighted by Gasteiger charge is -2.23. The van der Waals surface area contributed by atoms with Crippen molar-refractivity contribution in [3.05, 3.63) is 88.9 Å². The van der Waals surface area contributed by atoms with Crippen molar-refractivity contribution in [1.82, 2.24) is 25.5 Å². The summed E-state index contributed by atoms with van der Waals surface area (Å²) in [4.78, 5) is 30.5. The SMILES string of the molecule is O=C(N=C1SCC(C(=O)O)N1Cc1ccc(-c2ccccc2-c2nnn[nH]2)cc1)c1ccccc1Cl. The molecule has 11 heteroatoms. The summed E-state index contributed by atoms with van der Waals surface area (Å²) in [5.41, 5.74) is 3.93. The minimum Gasteiger partial charge on any atom is -0.480 e. The molecule has 0 spiro atoms. The van der Waals surface area contributed by atoms with E-state index in [1.807, 2.05) is 48.5 Å². The lowest BCUT2D eigenvalue weighted by molar-refractivity contribution is -0.140. The van der Waals surface area contributed by atoms with E-state index in [9.17, 15) is 14.7 Å². The summed E-state index contributed by atoms with van der Waals surface area (Å²) in [5, 5.41) is 24.5. The number of carbonyl (C=O) groups excluding carboxylic acids is 1. The molecule has 9 nitrogen and oxygen atoms in total. The number of H-pyrrole nitrogens is 1. The maximum Gasteiger partial charge on any atom is 0.327 e. The molecule has 180 valence electrons. The zero-order chi connectivity index (χ0) is 25.1. The Bertz CT molecular complexity index is 1440. The molecule has 36 heavy (non-hydrogen) atoms. The molecule has 1 amide bonds. The summed E-state index contributed by atoms with van der Waals surface area (Å²) in [6.45, 7) is 0.284. The Morgan fingerprint density at radius 3 is 2.47 bits per heavy atom. The number of carboxylic acids is 1. The summed E-state index contributed by atoms with van der Waals surface area (Å²) in [6.07, 6.45) is 0. The summed E-state index contributed by atoms with van der Waals surface area (Å²) in [6, 6.07) is 21.4. The number of aliphatic imine (C=N–C) groups is 1. The number of amidine groups is 1. The second-order valence-electron chi connectivity index (χ2n) is 7.96. The van der Waals surface area contributed by atoms with Crippen LogP contribution in [0.25, 0.3) is 22.5 Å². The predicted molar refractivity (Wildman–Crippen MR) is 138 cm³/mol. The number of nitrogens with zero attached hydrogens (tertiary/aromatic N) is 5. The van der Waals surface area contributed by atoms with Crippen LogP contribution in [0.15, 0.2) is 77.8 Å². The van der Waals surface area contributed by atoms with Gasteiger partial charge in [-0.3, -0.25) is 4.79 Å². The Hall–Kier alpha value is -4.02. The van der Waals surface area contributed by atoms with E-state index >= 15 is 0 Å². The fourth-order valence-electron chi connectivity index (χ4n) is 3.92. The maximum atomic E-state index is 12.8. The van der Waals surface area contributed by atoms with E-state index in [2.05, 4.69) is 25.6 Å². The smallest absolute Gasteiger partial charge is 0.327 e. The second-order valence-corrected chi connectivity index (χ2v) is 9.36. The highest BCUT2D eigenvalue weighted by molar-refractivity contribution is 8.14. The molecule has 4 aromatic rings. The van der Waals surface area contributed by atoms with Crippen LogP contribution >= 0.6 is 23.4 Å². The Morgan fingerprint density at radius 2 is 1.78 bits per heavy atom. The number of benzene rings is 3. The van der Waals surface area contributed by atoms with Crippen molar-refractivity contribution in [3.8, 4) is 22.5 Å². The number of aliphatic carboxylic acids is 1. The minimum atomic E-state index is -0.968. The van der Waals surface area contributed by atoms with Gasteiger partial charge < -0.3 is 10.0 Å². The van der Waals surface area contributed by atoms with E-state index in [1.54, 1.807) is 29.2 Å². The number of hydrogen-bond donors (Lipinski definition) is 2. The van der Waals surface area contributed by atoms with E-state index in [1.165, 1.54) is 11.8 Å². The maximum absolute atomic E-state index is 12.8. The third-order valence-corrected chi connectivity index (χ3v) is 7.12.